The van der Waals surface area contributed by atoms with Gasteiger partial charge in [-0.3, -0.25) is 0 Å². The molecule has 1 heterocycles. The summed E-state index contributed by atoms with van der Waals surface area (Å²) in [6.07, 6.45) is 3.90. The summed E-state index contributed by atoms with van der Waals surface area (Å²) >= 11 is 1.66. The number of ether oxygens (including phenoxy) is 1. The van der Waals surface area contributed by atoms with Gasteiger partial charge in [0.1, 0.15) is 12.4 Å². The molecule has 0 atom stereocenters. The Morgan fingerprint density at radius 2 is 1.78 bits per heavy atom. The molecule has 5 aromatic rings. The van der Waals surface area contributed by atoms with Crippen LogP contribution in [0.15, 0.2) is 102 Å². The van der Waals surface area contributed by atoms with Gasteiger partial charge < -0.3 is 14.8 Å². The number of nitrogens with one attached hydrogen (secondary N) is 1. The van der Waals surface area contributed by atoms with Gasteiger partial charge in [0.15, 0.2) is 0 Å². The molecule has 0 aliphatic heterocycles. The third-order valence-electron chi connectivity index (χ3n) is 5.90. The monoisotopic (exact) mass is 489 g/mol. The first-order valence-electron chi connectivity index (χ1n) is 11.4. The molecule has 176 valence electrons. The highest BCUT2D eigenvalue weighted by molar-refractivity contribution is 7.98. The van der Waals surface area contributed by atoms with Crippen LogP contribution in [0.2, 0.25) is 0 Å². The van der Waals surface area contributed by atoms with Crippen molar-refractivity contribution in [2.24, 2.45) is 0 Å². The van der Waals surface area contributed by atoms with Crippen molar-refractivity contribution >= 4 is 28.6 Å². The average molecular weight is 490 g/mol. The van der Waals surface area contributed by atoms with Crippen LogP contribution in [0.5, 0.6) is 5.75 Å². The van der Waals surface area contributed by atoms with Crippen molar-refractivity contribution in [2.45, 2.75) is 11.5 Å². The molecule has 36 heavy (non-hydrogen) atoms. The Hall–Kier alpha value is -4.40. The first-order valence-corrected chi connectivity index (χ1v) is 12.7. The minimum Gasteiger partial charge on any atom is -0.488 e. The summed E-state index contributed by atoms with van der Waals surface area (Å²) in [5.41, 5.74) is 5.16. The van der Waals surface area contributed by atoms with Crippen LogP contribution in [0.1, 0.15) is 27.0 Å². The van der Waals surface area contributed by atoms with Crippen LogP contribution in [0, 0.1) is 11.8 Å². The molecule has 0 saturated heterocycles. The lowest BCUT2D eigenvalue weighted by molar-refractivity contribution is 0.0697. The number of benzene rings is 4. The molecule has 1 aromatic heterocycles. The predicted molar refractivity (Wildman–Crippen MR) is 146 cm³/mol. The average Bonchev–Trinajstić information content (AvgIpc) is 3.39. The van der Waals surface area contributed by atoms with Gasteiger partial charge in [0.25, 0.3) is 0 Å². The van der Waals surface area contributed by atoms with Gasteiger partial charge in [-0.2, -0.15) is 0 Å². The number of aromatic amines is 1. The van der Waals surface area contributed by atoms with Crippen molar-refractivity contribution in [3.8, 4) is 28.7 Å². The van der Waals surface area contributed by atoms with Crippen LogP contribution in [0.3, 0.4) is 0 Å². The molecule has 0 radical (unpaired) electrons. The SMILES string of the molecule is CSc1ccccc1OCc1ccc(C#Cc2cccc(C(=O)O)c2-c2ccc3cc[nH]c3c2)cc1. The van der Waals surface area contributed by atoms with E-state index in [1.807, 2.05) is 91.3 Å². The molecule has 0 aliphatic rings. The molecule has 5 rings (SSSR count). The lowest BCUT2D eigenvalue weighted by atomic mass is 9.93. The molecule has 0 unspecified atom stereocenters. The maximum atomic E-state index is 12.0. The highest BCUT2D eigenvalue weighted by Gasteiger charge is 2.15. The third kappa shape index (κ3) is 5.00. The molecule has 2 N–H and O–H groups in total. The quantitative estimate of drug-likeness (QED) is 0.195. The number of thioether (sulfide) groups is 1. The Labute approximate surface area is 214 Å². The lowest BCUT2D eigenvalue weighted by Gasteiger charge is -2.10. The smallest absolute Gasteiger partial charge is 0.336 e. The number of aromatic nitrogens is 1. The molecule has 0 fully saturated rings. The molecule has 4 aromatic carbocycles. The number of carboxylic acid groups (broad SMARTS) is 1. The van der Waals surface area contributed by atoms with Crippen LogP contribution >= 0.6 is 11.8 Å². The lowest BCUT2D eigenvalue weighted by Crippen LogP contribution is -2.01. The first kappa shape index (κ1) is 23.3. The van der Waals surface area contributed by atoms with E-state index in [-0.39, 0.29) is 5.56 Å². The van der Waals surface area contributed by atoms with Gasteiger partial charge in [-0.25, -0.2) is 4.79 Å². The predicted octanol–water partition coefficient (Wildman–Crippen LogP) is 7.23. The van der Waals surface area contributed by atoms with E-state index in [0.29, 0.717) is 17.7 Å². The summed E-state index contributed by atoms with van der Waals surface area (Å²) in [7, 11) is 0. The number of rotatable bonds is 6. The fourth-order valence-corrected chi connectivity index (χ4v) is 4.61. The molecule has 0 amide bonds. The largest absolute Gasteiger partial charge is 0.488 e. The molecule has 0 spiro atoms. The minimum absolute atomic E-state index is 0.228. The standard InChI is InChI=1S/C31H23NO3S/c1-36-29-8-3-2-7-28(29)35-20-22-11-9-21(10-12-22)13-14-24-5-4-6-26(31(33)34)30(24)25-16-15-23-17-18-32-27(23)19-25/h2-12,15-19,32H,20H2,1H3,(H,33,34). The van der Waals surface area contributed by atoms with E-state index in [4.69, 9.17) is 4.74 Å². The van der Waals surface area contributed by atoms with Gasteiger partial charge in [-0.15, -0.1) is 11.8 Å². The molecule has 5 heteroatoms. The number of aromatic carboxylic acids is 1. The van der Waals surface area contributed by atoms with Crippen molar-refractivity contribution in [3.05, 3.63) is 119 Å². The number of hydrogen-bond acceptors (Lipinski definition) is 3. The maximum absolute atomic E-state index is 12.0. The second kappa shape index (κ2) is 10.5. The van der Waals surface area contributed by atoms with Gasteiger partial charge in [0.2, 0.25) is 0 Å². The highest BCUT2D eigenvalue weighted by atomic mass is 32.2. The highest BCUT2D eigenvalue weighted by Crippen LogP contribution is 2.30. The van der Waals surface area contributed by atoms with Crippen molar-refractivity contribution < 1.29 is 14.6 Å². The zero-order valence-electron chi connectivity index (χ0n) is 19.6. The Balaban J connectivity index is 1.41. The van der Waals surface area contributed by atoms with Crippen molar-refractivity contribution in [1.82, 2.24) is 4.98 Å². The van der Waals surface area contributed by atoms with E-state index in [9.17, 15) is 9.90 Å². The van der Waals surface area contributed by atoms with Crippen LogP contribution in [-0.4, -0.2) is 22.3 Å². The van der Waals surface area contributed by atoms with E-state index in [1.54, 1.807) is 23.9 Å². The Kier molecular flexibility index (Phi) is 6.79. The second-order valence-corrected chi connectivity index (χ2v) is 9.05. The summed E-state index contributed by atoms with van der Waals surface area (Å²) in [5.74, 6) is 6.29. The normalized spacial score (nSPS) is 10.6. The molecular weight excluding hydrogens is 466 g/mol. The van der Waals surface area contributed by atoms with Crippen LogP contribution in [-0.2, 0) is 6.61 Å². The van der Waals surface area contributed by atoms with Crippen LogP contribution < -0.4 is 4.74 Å². The number of hydrogen-bond donors (Lipinski definition) is 2. The van der Waals surface area contributed by atoms with Gasteiger partial charge >= 0.3 is 5.97 Å². The molecular formula is C31H23NO3S. The first-order chi connectivity index (χ1) is 17.6. The van der Waals surface area contributed by atoms with Crippen molar-refractivity contribution in [1.29, 1.82) is 0 Å². The molecule has 0 bridgehead atoms. The molecule has 0 aliphatic carbocycles. The van der Waals surface area contributed by atoms with Crippen molar-refractivity contribution in [2.75, 3.05) is 6.26 Å². The van der Waals surface area contributed by atoms with E-state index in [2.05, 4.69) is 16.8 Å². The minimum atomic E-state index is -0.979. The van der Waals surface area contributed by atoms with E-state index < -0.39 is 5.97 Å². The van der Waals surface area contributed by atoms with E-state index >= 15 is 0 Å². The van der Waals surface area contributed by atoms with Gasteiger partial charge in [0, 0.05) is 33.3 Å². The van der Waals surface area contributed by atoms with Gasteiger partial charge in [-0.05, 0) is 71.3 Å². The third-order valence-corrected chi connectivity index (χ3v) is 6.67. The molecule has 4 nitrogen and oxygen atoms in total. The van der Waals surface area contributed by atoms with Gasteiger partial charge in [0.05, 0.1) is 5.56 Å². The maximum Gasteiger partial charge on any atom is 0.336 e. The van der Waals surface area contributed by atoms with E-state index in [0.717, 1.165) is 38.2 Å². The van der Waals surface area contributed by atoms with Crippen LogP contribution in [0.25, 0.3) is 22.0 Å². The van der Waals surface area contributed by atoms with Crippen molar-refractivity contribution in [3.63, 3.8) is 0 Å². The van der Waals surface area contributed by atoms with Crippen LogP contribution in [0.4, 0.5) is 0 Å². The topological polar surface area (TPSA) is 62.3 Å². The second-order valence-electron chi connectivity index (χ2n) is 8.20. The summed E-state index contributed by atoms with van der Waals surface area (Å²) in [6.45, 7) is 0.470. The summed E-state index contributed by atoms with van der Waals surface area (Å²) in [5, 5.41) is 10.9. The zero-order chi connectivity index (χ0) is 24.9. The Bertz CT molecular complexity index is 1610. The number of carboxylic acids is 1. The molecule has 0 saturated carbocycles. The van der Waals surface area contributed by atoms with E-state index in [1.165, 1.54) is 0 Å². The zero-order valence-corrected chi connectivity index (χ0v) is 20.4. The number of H-pyrrole nitrogens is 1. The number of carbonyl (C=O) groups is 1. The van der Waals surface area contributed by atoms with Gasteiger partial charge in [-0.1, -0.05) is 54.3 Å². The number of fused-ring (bicyclic) bond motifs is 1. The number of para-hydroxylation sites is 1. The Morgan fingerprint density at radius 1 is 0.944 bits per heavy atom. The Morgan fingerprint density at radius 3 is 2.58 bits per heavy atom. The summed E-state index contributed by atoms with van der Waals surface area (Å²) in [6, 6.07) is 29.0. The fraction of sp³-hybridized carbons (Fsp3) is 0.0645. The summed E-state index contributed by atoms with van der Waals surface area (Å²) < 4.78 is 5.99. The fourth-order valence-electron chi connectivity index (χ4n) is 4.07. The summed E-state index contributed by atoms with van der Waals surface area (Å²) in [4.78, 5) is 16.3.